The fourth-order valence-corrected chi connectivity index (χ4v) is 1.10. The zero-order valence-corrected chi connectivity index (χ0v) is 8.50. The number of hydrogen-bond donors (Lipinski definition) is 2. The van der Waals surface area contributed by atoms with Gasteiger partial charge < -0.3 is 15.2 Å². The number of aliphatic hydroxyl groups is 1. The van der Waals surface area contributed by atoms with Gasteiger partial charge in [-0.2, -0.15) is 0 Å². The molecular weight excluding hydrogens is 182 g/mol. The summed E-state index contributed by atoms with van der Waals surface area (Å²) in [6, 6.07) is 0. The quantitative estimate of drug-likeness (QED) is 0.425. The molecule has 0 saturated heterocycles. The van der Waals surface area contributed by atoms with E-state index in [1.165, 1.54) is 0 Å². The number of carbonyl (C=O) groups excluding carboxylic acids is 2. The van der Waals surface area contributed by atoms with Crippen LogP contribution in [0.15, 0.2) is 0 Å². The molecule has 82 valence electrons. The summed E-state index contributed by atoms with van der Waals surface area (Å²) in [7, 11) is 0. The van der Waals surface area contributed by atoms with Crippen molar-refractivity contribution in [1.82, 2.24) is 5.32 Å². The summed E-state index contributed by atoms with van der Waals surface area (Å²) in [6.07, 6.45) is 5.14. The monoisotopic (exact) mass is 201 g/mol. The van der Waals surface area contributed by atoms with Crippen molar-refractivity contribution in [3.8, 4) is 0 Å². The zero-order valence-electron chi connectivity index (χ0n) is 8.50. The van der Waals surface area contributed by atoms with Crippen molar-refractivity contribution in [2.45, 2.75) is 38.5 Å². The van der Waals surface area contributed by atoms with Crippen LogP contribution in [0.3, 0.4) is 0 Å². The second kappa shape index (κ2) is 10.2. The fraction of sp³-hybridized carbons (Fsp3) is 0.800. The van der Waals surface area contributed by atoms with E-state index in [2.05, 4.69) is 5.32 Å². The van der Waals surface area contributed by atoms with E-state index >= 15 is 0 Å². The lowest BCUT2D eigenvalue weighted by molar-refractivity contribution is -0.122. The van der Waals surface area contributed by atoms with Crippen molar-refractivity contribution in [3.05, 3.63) is 0 Å². The molecule has 0 spiro atoms. The Hall–Kier alpha value is -0.900. The van der Waals surface area contributed by atoms with E-state index in [1.54, 1.807) is 0 Å². The first kappa shape index (κ1) is 13.1. The predicted molar refractivity (Wildman–Crippen MR) is 53.9 cm³/mol. The van der Waals surface area contributed by atoms with Crippen molar-refractivity contribution in [2.24, 2.45) is 0 Å². The molecule has 0 aromatic heterocycles. The van der Waals surface area contributed by atoms with E-state index in [-0.39, 0.29) is 12.5 Å². The lowest BCUT2D eigenvalue weighted by Crippen LogP contribution is -2.24. The minimum absolute atomic E-state index is 0.0562. The molecule has 0 aliphatic carbocycles. The van der Waals surface area contributed by atoms with E-state index in [9.17, 15) is 9.59 Å². The number of rotatable bonds is 9. The maximum atomic E-state index is 11.0. The summed E-state index contributed by atoms with van der Waals surface area (Å²) in [5, 5.41) is 11.2. The highest BCUT2D eigenvalue weighted by Gasteiger charge is 1.98. The summed E-state index contributed by atoms with van der Waals surface area (Å²) >= 11 is 0. The van der Waals surface area contributed by atoms with Gasteiger partial charge in [0.1, 0.15) is 6.29 Å². The third-order valence-electron chi connectivity index (χ3n) is 1.90. The molecule has 0 heterocycles. The van der Waals surface area contributed by atoms with Gasteiger partial charge in [-0.25, -0.2) is 0 Å². The van der Waals surface area contributed by atoms with Gasteiger partial charge in [0.2, 0.25) is 5.91 Å². The molecule has 0 rings (SSSR count). The molecule has 0 bridgehead atoms. The third-order valence-corrected chi connectivity index (χ3v) is 1.90. The topological polar surface area (TPSA) is 66.4 Å². The maximum Gasteiger partial charge on any atom is 0.220 e. The smallest absolute Gasteiger partial charge is 0.220 e. The van der Waals surface area contributed by atoms with Crippen molar-refractivity contribution < 1.29 is 14.7 Å². The largest absolute Gasteiger partial charge is 0.396 e. The second-order valence-electron chi connectivity index (χ2n) is 3.19. The van der Waals surface area contributed by atoms with Crippen LogP contribution in [-0.2, 0) is 9.59 Å². The van der Waals surface area contributed by atoms with Crippen LogP contribution in [0.1, 0.15) is 38.5 Å². The third kappa shape index (κ3) is 9.19. The number of aliphatic hydroxyl groups excluding tert-OH is 1. The molecule has 0 atom stereocenters. The van der Waals surface area contributed by atoms with Gasteiger partial charge in [0.15, 0.2) is 0 Å². The first-order valence-corrected chi connectivity index (χ1v) is 5.12. The summed E-state index contributed by atoms with van der Waals surface area (Å²) < 4.78 is 0. The van der Waals surface area contributed by atoms with Gasteiger partial charge in [0.05, 0.1) is 0 Å². The van der Waals surface area contributed by atoms with Crippen LogP contribution in [0.2, 0.25) is 0 Å². The fourth-order valence-electron chi connectivity index (χ4n) is 1.10. The Kier molecular flexibility index (Phi) is 9.53. The molecule has 0 radical (unpaired) electrons. The molecule has 2 N–H and O–H groups in total. The van der Waals surface area contributed by atoms with E-state index in [0.717, 1.165) is 32.0 Å². The second-order valence-corrected chi connectivity index (χ2v) is 3.19. The van der Waals surface area contributed by atoms with Crippen LogP contribution >= 0.6 is 0 Å². The normalized spacial score (nSPS) is 9.79. The first-order chi connectivity index (χ1) is 6.81. The number of aldehydes is 1. The minimum Gasteiger partial charge on any atom is -0.396 e. The molecule has 0 aromatic carbocycles. The number of carbonyl (C=O) groups is 2. The van der Waals surface area contributed by atoms with Gasteiger partial charge in [0, 0.05) is 26.0 Å². The minimum atomic E-state index is -0.0562. The molecule has 4 heteroatoms. The molecule has 0 aliphatic rings. The Balaban J connectivity index is 3.10. The summed E-state index contributed by atoms with van der Waals surface area (Å²) in [5.41, 5.74) is 0. The van der Waals surface area contributed by atoms with E-state index in [1.807, 2.05) is 0 Å². The molecule has 0 aromatic rings. The van der Waals surface area contributed by atoms with Gasteiger partial charge >= 0.3 is 0 Å². The number of nitrogens with one attached hydrogen (secondary N) is 1. The maximum absolute atomic E-state index is 11.0. The van der Waals surface area contributed by atoms with E-state index in [0.29, 0.717) is 19.4 Å². The summed E-state index contributed by atoms with van der Waals surface area (Å²) in [5.74, 6) is -0.0562. The molecule has 0 saturated carbocycles. The van der Waals surface area contributed by atoms with Crippen molar-refractivity contribution in [1.29, 1.82) is 0 Å². The Morgan fingerprint density at radius 1 is 1.21 bits per heavy atom. The lowest BCUT2D eigenvalue weighted by Gasteiger charge is -2.03. The number of unbranched alkanes of at least 4 members (excludes halogenated alkanes) is 3. The summed E-state index contributed by atoms with van der Waals surface area (Å²) in [6.45, 7) is 0.912. The molecular formula is C10H19NO3. The molecule has 14 heavy (non-hydrogen) atoms. The Morgan fingerprint density at radius 2 is 1.93 bits per heavy atom. The van der Waals surface area contributed by atoms with Crippen LogP contribution in [0.4, 0.5) is 0 Å². The Bertz CT molecular complexity index is 159. The van der Waals surface area contributed by atoms with Gasteiger partial charge in [-0.1, -0.05) is 12.8 Å². The average molecular weight is 201 g/mol. The molecule has 1 amide bonds. The SMILES string of the molecule is O=CCCC(=O)NCCCCCCO. The predicted octanol–water partition coefficient (Wildman–Crippen LogP) is 0.634. The van der Waals surface area contributed by atoms with Crippen molar-refractivity contribution in [2.75, 3.05) is 13.2 Å². The van der Waals surface area contributed by atoms with Gasteiger partial charge in [0.25, 0.3) is 0 Å². The highest BCUT2D eigenvalue weighted by atomic mass is 16.2. The van der Waals surface area contributed by atoms with E-state index < -0.39 is 0 Å². The molecule has 0 aliphatic heterocycles. The van der Waals surface area contributed by atoms with E-state index in [4.69, 9.17) is 5.11 Å². The lowest BCUT2D eigenvalue weighted by atomic mass is 10.2. The Labute approximate surface area is 84.7 Å². The van der Waals surface area contributed by atoms with Crippen LogP contribution in [0.5, 0.6) is 0 Å². The highest BCUT2D eigenvalue weighted by molar-refractivity contribution is 5.77. The summed E-state index contributed by atoms with van der Waals surface area (Å²) in [4.78, 5) is 20.9. The van der Waals surface area contributed by atoms with Gasteiger partial charge in [-0.3, -0.25) is 4.79 Å². The number of amides is 1. The van der Waals surface area contributed by atoms with Crippen LogP contribution in [-0.4, -0.2) is 30.5 Å². The highest BCUT2D eigenvalue weighted by Crippen LogP contribution is 1.97. The van der Waals surface area contributed by atoms with Crippen molar-refractivity contribution in [3.63, 3.8) is 0 Å². The zero-order chi connectivity index (χ0) is 10.6. The van der Waals surface area contributed by atoms with Crippen LogP contribution in [0, 0.1) is 0 Å². The Morgan fingerprint density at radius 3 is 2.57 bits per heavy atom. The molecule has 4 nitrogen and oxygen atoms in total. The van der Waals surface area contributed by atoms with Crippen LogP contribution < -0.4 is 5.32 Å². The average Bonchev–Trinajstić information content (AvgIpc) is 2.20. The number of hydrogen-bond acceptors (Lipinski definition) is 3. The molecule has 0 fully saturated rings. The molecule has 0 unspecified atom stereocenters. The first-order valence-electron chi connectivity index (χ1n) is 5.12. The van der Waals surface area contributed by atoms with Crippen LogP contribution in [0.25, 0.3) is 0 Å². The van der Waals surface area contributed by atoms with Crippen molar-refractivity contribution >= 4 is 12.2 Å². The standard InChI is InChI=1S/C10H19NO3/c12-8-4-2-1-3-7-11-10(14)6-5-9-13/h9,12H,1-8H2,(H,11,14). The van der Waals surface area contributed by atoms with Gasteiger partial charge in [-0.15, -0.1) is 0 Å². The van der Waals surface area contributed by atoms with Gasteiger partial charge in [-0.05, 0) is 12.8 Å².